The maximum atomic E-state index is 6.97. The van der Waals surface area contributed by atoms with Gasteiger partial charge in [0.15, 0.2) is 0 Å². The second kappa shape index (κ2) is 14.5. The molecule has 0 aliphatic carbocycles. The number of aryl methyl sites for hydroxylation is 3. The van der Waals surface area contributed by atoms with E-state index in [0.717, 1.165) is 84.0 Å². The summed E-state index contributed by atoms with van der Waals surface area (Å²) < 4.78 is 11.6. The normalized spacial score (nSPS) is 11.8. The topological polar surface area (TPSA) is 56.0 Å². The lowest BCUT2D eigenvalue weighted by molar-refractivity contribution is 0.484. The van der Waals surface area contributed by atoms with Crippen molar-refractivity contribution < 1.29 is 4.74 Å². The highest BCUT2D eigenvalue weighted by Gasteiger charge is 2.21. The monoisotopic (exact) mass is 781 g/mol. The van der Waals surface area contributed by atoms with Crippen molar-refractivity contribution in [3.8, 4) is 23.0 Å². The summed E-state index contributed by atoms with van der Waals surface area (Å²) in [6, 6.07) is 55.6. The van der Waals surface area contributed by atoms with Crippen molar-refractivity contribution in [1.29, 1.82) is 0 Å². The second-order valence-corrected chi connectivity index (χ2v) is 16.9. The van der Waals surface area contributed by atoms with Crippen molar-refractivity contribution in [3.05, 3.63) is 186 Å². The Bertz CT molecular complexity index is 3230. The van der Waals surface area contributed by atoms with E-state index in [4.69, 9.17) is 9.72 Å². The van der Waals surface area contributed by atoms with E-state index in [1.165, 1.54) is 27.6 Å². The Kier molecular flexibility index (Phi) is 8.94. The average molecular weight is 782 g/mol. The van der Waals surface area contributed by atoms with Crippen LogP contribution in [0.3, 0.4) is 0 Å². The maximum Gasteiger partial charge on any atom is 0.137 e. The van der Waals surface area contributed by atoms with Crippen LogP contribution in [-0.4, -0.2) is 14.1 Å². The summed E-state index contributed by atoms with van der Waals surface area (Å²) in [5.74, 6) is 2.35. The number of pyridine rings is 1. The fourth-order valence-electron chi connectivity index (χ4n) is 8.83. The highest BCUT2D eigenvalue weighted by molar-refractivity contribution is 6.14. The van der Waals surface area contributed by atoms with Crippen molar-refractivity contribution in [2.24, 2.45) is 0 Å². The molecule has 0 saturated carbocycles. The number of nitrogens with one attached hydrogen (secondary N) is 2. The molecular weight excluding hydrogens is 735 g/mol. The Morgan fingerprint density at radius 3 is 1.83 bits per heavy atom. The van der Waals surface area contributed by atoms with Crippen LogP contribution in [0.1, 0.15) is 43.0 Å². The molecule has 10 aromatic rings. The molecule has 0 unspecified atom stereocenters. The third-order valence-corrected chi connectivity index (χ3v) is 11.6. The SMILES string of the molecule is Cc1cc(C)c(Nc2ccccc2Nc2cc(Oc3ccc4c5ccccc5n(-c5cc(C(C)(C)C)ccn5)c4c3)cc3c4ccccc4n(-c4ccccc4)c23)c(C)c1. The van der Waals surface area contributed by atoms with Crippen molar-refractivity contribution in [2.45, 2.75) is 47.0 Å². The molecule has 294 valence electrons. The summed E-state index contributed by atoms with van der Waals surface area (Å²) >= 11 is 0. The third-order valence-electron chi connectivity index (χ3n) is 11.6. The van der Waals surface area contributed by atoms with Gasteiger partial charge in [-0.1, -0.05) is 105 Å². The first kappa shape index (κ1) is 37.0. The Morgan fingerprint density at radius 1 is 0.500 bits per heavy atom. The first-order chi connectivity index (χ1) is 29.1. The number of anilines is 4. The third kappa shape index (κ3) is 6.51. The first-order valence-electron chi connectivity index (χ1n) is 20.6. The van der Waals surface area contributed by atoms with Crippen LogP contribution >= 0.6 is 0 Å². The van der Waals surface area contributed by atoms with E-state index in [-0.39, 0.29) is 5.41 Å². The summed E-state index contributed by atoms with van der Waals surface area (Å²) in [4.78, 5) is 4.90. The largest absolute Gasteiger partial charge is 0.457 e. The number of benzene rings is 7. The van der Waals surface area contributed by atoms with Gasteiger partial charge in [-0.25, -0.2) is 4.98 Å². The van der Waals surface area contributed by atoms with E-state index < -0.39 is 0 Å². The highest BCUT2D eigenvalue weighted by atomic mass is 16.5. The molecular formula is C54H47N5O. The molecule has 0 bridgehead atoms. The first-order valence-corrected chi connectivity index (χ1v) is 20.6. The van der Waals surface area contributed by atoms with Crippen molar-refractivity contribution >= 4 is 66.4 Å². The van der Waals surface area contributed by atoms with Gasteiger partial charge in [-0.2, -0.15) is 0 Å². The minimum Gasteiger partial charge on any atom is -0.457 e. The zero-order valence-corrected chi connectivity index (χ0v) is 34.8. The molecule has 3 heterocycles. The maximum absolute atomic E-state index is 6.97. The smallest absolute Gasteiger partial charge is 0.137 e. The van der Waals surface area contributed by atoms with E-state index in [1.54, 1.807) is 0 Å². The molecule has 0 aliphatic heterocycles. The molecule has 60 heavy (non-hydrogen) atoms. The van der Waals surface area contributed by atoms with Gasteiger partial charge in [-0.15, -0.1) is 0 Å². The Hall–Kier alpha value is -7.31. The number of fused-ring (bicyclic) bond motifs is 6. The predicted molar refractivity (Wildman–Crippen MR) is 252 cm³/mol. The molecule has 0 saturated heterocycles. The molecule has 6 heteroatoms. The Morgan fingerprint density at radius 2 is 1.12 bits per heavy atom. The van der Waals surface area contributed by atoms with Gasteiger partial charge in [0.05, 0.1) is 39.1 Å². The quantitative estimate of drug-likeness (QED) is 0.161. The number of nitrogens with zero attached hydrogens (tertiary/aromatic N) is 3. The standard InChI is InChI=1S/C54H47N5O/c1-34-28-35(2)52(36(3)29-34)57-46-21-13-12-20-45(46)56-47-32-40(31-44-42-19-11-14-22-48(42)58(53(44)47)38-16-8-7-9-17-38)60-39-24-25-43-41-18-10-15-23-49(41)59(50(43)33-39)51-30-37(26-27-55-51)54(4,5)6/h7-33,56-57H,1-6H3. The van der Waals surface area contributed by atoms with Gasteiger partial charge < -0.3 is 19.9 Å². The zero-order chi connectivity index (χ0) is 41.1. The van der Waals surface area contributed by atoms with Crippen LogP contribution in [0.15, 0.2) is 164 Å². The minimum absolute atomic E-state index is 0.0200. The number of aromatic nitrogens is 3. The van der Waals surface area contributed by atoms with Crippen molar-refractivity contribution in [1.82, 2.24) is 14.1 Å². The van der Waals surface area contributed by atoms with Crippen molar-refractivity contribution in [2.75, 3.05) is 10.6 Å². The molecule has 6 nitrogen and oxygen atoms in total. The fourth-order valence-corrected chi connectivity index (χ4v) is 8.83. The van der Waals surface area contributed by atoms with Gasteiger partial charge in [0.2, 0.25) is 0 Å². The molecule has 3 aromatic heterocycles. The molecule has 0 atom stereocenters. The van der Waals surface area contributed by atoms with Gasteiger partial charge in [0.25, 0.3) is 0 Å². The van der Waals surface area contributed by atoms with Crippen LogP contribution in [0.2, 0.25) is 0 Å². The fraction of sp³-hybridized carbons (Fsp3) is 0.130. The Balaban J connectivity index is 1.14. The number of rotatable bonds is 8. The molecule has 0 amide bonds. The van der Waals surface area contributed by atoms with Gasteiger partial charge in [0.1, 0.15) is 17.3 Å². The Labute approximate surface area is 350 Å². The molecule has 10 rings (SSSR count). The number of hydrogen-bond acceptors (Lipinski definition) is 4. The van der Waals surface area contributed by atoms with Gasteiger partial charge in [-0.3, -0.25) is 4.57 Å². The van der Waals surface area contributed by atoms with Crippen LogP contribution in [-0.2, 0) is 5.41 Å². The molecule has 2 N–H and O–H groups in total. The molecule has 0 radical (unpaired) electrons. The lowest BCUT2D eigenvalue weighted by Gasteiger charge is -2.20. The van der Waals surface area contributed by atoms with E-state index in [9.17, 15) is 0 Å². The van der Waals surface area contributed by atoms with Crippen molar-refractivity contribution in [3.63, 3.8) is 0 Å². The van der Waals surface area contributed by atoms with Gasteiger partial charge in [-0.05, 0) is 110 Å². The van der Waals surface area contributed by atoms with Crippen LogP contribution in [0.4, 0.5) is 22.7 Å². The van der Waals surface area contributed by atoms with E-state index >= 15 is 0 Å². The summed E-state index contributed by atoms with van der Waals surface area (Å²) in [5, 5.41) is 12.2. The van der Waals surface area contributed by atoms with Crippen LogP contribution in [0.5, 0.6) is 11.5 Å². The number of ether oxygens (including phenoxy) is 1. The average Bonchev–Trinajstić information content (AvgIpc) is 3.75. The summed E-state index contributed by atoms with van der Waals surface area (Å²) in [6.45, 7) is 13.2. The number of hydrogen-bond donors (Lipinski definition) is 2. The lowest BCUT2D eigenvalue weighted by atomic mass is 9.88. The van der Waals surface area contributed by atoms with Crippen LogP contribution < -0.4 is 15.4 Å². The van der Waals surface area contributed by atoms with Gasteiger partial charge >= 0.3 is 0 Å². The van der Waals surface area contributed by atoms with E-state index in [2.05, 4.69) is 219 Å². The summed E-state index contributed by atoms with van der Waals surface area (Å²) in [7, 11) is 0. The van der Waals surface area contributed by atoms with Crippen LogP contribution in [0.25, 0.3) is 55.1 Å². The zero-order valence-electron chi connectivity index (χ0n) is 34.8. The second-order valence-electron chi connectivity index (χ2n) is 16.9. The van der Waals surface area contributed by atoms with E-state index in [0.29, 0.717) is 0 Å². The molecule has 0 spiro atoms. The van der Waals surface area contributed by atoms with E-state index in [1.807, 2.05) is 6.20 Å². The molecule has 7 aromatic carbocycles. The molecule has 0 fully saturated rings. The predicted octanol–water partition coefficient (Wildman–Crippen LogP) is 14.8. The van der Waals surface area contributed by atoms with Gasteiger partial charge in [0, 0.05) is 51.2 Å². The lowest BCUT2D eigenvalue weighted by Crippen LogP contribution is -2.12. The summed E-state index contributed by atoms with van der Waals surface area (Å²) in [6.07, 6.45) is 1.92. The summed E-state index contributed by atoms with van der Waals surface area (Å²) in [5.41, 5.74) is 14.3. The number of para-hydroxylation sites is 5. The highest BCUT2D eigenvalue weighted by Crippen LogP contribution is 2.43. The minimum atomic E-state index is -0.0200. The molecule has 0 aliphatic rings. The van der Waals surface area contributed by atoms with Crippen LogP contribution in [0, 0.1) is 20.8 Å².